The number of amides is 2. The first kappa shape index (κ1) is 82.7. The number of alkyl carbamates (subject to hydrolysis) is 2. The van der Waals surface area contributed by atoms with E-state index < -0.39 is 60.6 Å². The number of esters is 1. The molecule has 2 fully saturated rings. The fourth-order valence-corrected chi connectivity index (χ4v) is 11.7. The molecule has 9 N–H and O–H groups in total. The number of hydrogen-bond donors (Lipinski definition) is 9. The highest BCUT2D eigenvalue weighted by Gasteiger charge is 2.38. The second kappa shape index (κ2) is 41.1. The van der Waals surface area contributed by atoms with Crippen LogP contribution in [0.3, 0.4) is 0 Å². The Morgan fingerprint density at radius 3 is 1.34 bits per heavy atom. The fourth-order valence-electron chi connectivity index (χ4n) is 11.7. The van der Waals surface area contributed by atoms with Crippen molar-refractivity contribution in [1.82, 2.24) is 40.5 Å². The predicted molar refractivity (Wildman–Crippen MR) is 379 cm³/mol. The summed E-state index contributed by atoms with van der Waals surface area (Å²) in [4.78, 5) is 101. The molecule has 0 aliphatic carbocycles. The summed E-state index contributed by atoms with van der Waals surface area (Å²) in [5.74, 6) is 2.05. The highest BCUT2D eigenvalue weighted by Crippen LogP contribution is 2.37. The van der Waals surface area contributed by atoms with E-state index >= 15 is 0 Å². The van der Waals surface area contributed by atoms with Gasteiger partial charge in [0, 0.05) is 86.7 Å². The summed E-state index contributed by atoms with van der Waals surface area (Å²) in [6.45, 7) is 15.6. The average molecular weight is 1460 g/mol. The molecule has 2 atom stereocenters. The van der Waals surface area contributed by atoms with E-state index in [0.29, 0.717) is 35.3 Å². The van der Waals surface area contributed by atoms with Gasteiger partial charge in [-0.3, -0.25) is 4.79 Å². The highest BCUT2D eigenvalue weighted by atomic mass is 19.4. The largest absolute Gasteiger partial charge is 0.490 e. The Hall–Kier alpha value is -10.3. The minimum absolute atomic E-state index is 0.0519. The van der Waals surface area contributed by atoms with E-state index in [-0.39, 0.29) is 32.8 Å². The zero-order valence-electron chi connectivity index (χ0n) is 59.4. The van der Waals surface area contributed by atoms with Crippen LogP contribution in [0.15, 0.2) is 97.6 Å². The van der Waals surface area contributed by atoms with Crippen molar-refractivity contribution in [2.24, 2.45) is 11.8 Å². The number of nitrogens with one attached hydrogen (secondary N) is 6. The van der Waals surface area contributed by atoms with Crippen LogP contribution in [-0.4, -0.2) is 165 Å². The third-order valence-electron chi connectivity index (χ3n) is 16.5. The smallest absolute Gasteiger partial charge is 0.483 e. The summed E-state index contributed by atoms with van der Waals surface area (Å²) in [7, 11) is 0. The minimum atomic E-state index is -5.08. The number of nitrogens with zero attached hydrogens (tertiary/aromatic N) is 8. The van der Waals surface area contributed by atoms with Gasteiger partial charge in [0.25, 0.3) is 6.47 Å². The molecule has 566 valence electrons. The molecule has 0 radical (unpaired) electrons. The number of carboxylic acids is 2. The molecule has 2 saturated heterocycles. The van der Waals surface area contributed by atoms with Crippen molar-refractivity contribution in [3.63, 3.8) is 0 Å². The van der Waals surface area contributed by atoms with E-state index in [0.717, 1.165) is 160 Å². The van der Waals surface area contributed by atoms with E-state index in [1.54, 1.807) is 27.1 Å². The molecular weight excluding hydrogens is 1370 g/mol. The van der Waals surface area contributed by atoms with Gasteiger partial charge in [0.15, 0.2) is 0 Å². The molecule has 32 heteroatoms. The number of aromatic nitrogens is 6. The first-order valence-corrected chi connectivity index (χ1v) is 34.3. The van der Waals surface area contributed by atoms with Gasteiger partial charge in [-0.1, -0.05) is 100 Å². The lowest BCUT2D eigenvalue weighted by molar-refractivity contribution is -0.192. The first-order chi connectivity index (χ1) is 49.5. The zero-order chi connectivity index (χ0) is 75.9. The van der Waals surface area contributed by atoms with Crippen LogP contribution in [0.1, 0.15) is 144 Å². The van der Waals surface area contributed by atoms with Crippen LogP contribution < -0.4 is 41.7 Å². The number of hydrogen-bond acceptors (Lipinski definition) is 21. The average Bonchev–Trinajstić information content (AvgIpc) is 0.806. The standard InChI is InChI=1S/C36H49N7O4.C32H41N7O4.C2HF3O2.CHF3.CH2O2/c1-24(2)20-28-32(38-21-30(34(44)47-36(3,4)5)42-35(45)46-22-25-10-7-6-8-11-25)39-23-40-33(28)43-18-15-26(16-19-43)29-14-13-27-12-9-17-37-31(27)41-29;1-21(2)17-25-29(34-18-27(31(40)41)38-32(42)43-19-22-7-4-3-5-8-22)35-20-36-30(25)39-15-12-23(13-16-39)26-11-10-24-9-6-14-33-28(24)37-26;3-2(4,5)1(6)7;2-1(3)4;2-1-3/h6-8,10-11,13-14,23-24,26,30H,9,12,15-22H2,1-5H3,(H,37,41)(H,42,45)(H,38,39,40);3-5,7-8,10-11,20-21,23,27H,6,9,12-19H2,1-2H3,(H,33,37)(H,38,42)(H,40,41)(H,34,35,36);(H,6,7);1H;1H,(H,2,3)/t30-;27-;;;/m00.../s1. The van der Waals surface area contributed by atoms with Gasteiger partial charge in [-0.15, -0.1) is 0 Å². The maximum absolute atomic E-state index is 13.2. The molecule has 26 nitrogen and oxygen atoms in total. The molecular formula is C72H94F6N14O12. The Morgan fingerprint density at radius 2 is 0.981 bits per heavy atom. The fraction of sp³-hybridized carbons (Fsp3) is 0.500. The van der Waals surface area contributed by atoms with Gasteiger partial charge >= 0.3 is 42.9 Å². The Labute approximate surface area is 600 Å². The second-order valence-electron chi connectivity index (χ2n) is 26.6. The number of aryl methyl sites for hydroxylation is 2. The highest BCUT2D eigenvalue weighted by molar-refractivity contribution is 5.83. The number of halogens is 6. The SMILES string of the molecule is CC(C)Cc1c(NC[C@H](NC(=O)OCc2ccccc2)C(=O)O)ncnc1N1CCC(c2ccc3c(n2)NCCC3)CC1.CC(C)Cc1c(NC[C@H](NC(=O)OCc2ccccc2)C(=O)OC(C)(C)C)ncnc1N1CCC(c2ccc3c(n2)NCCC3)CC1.FC(F)F.O=C(O)C(F)(F)F.O=CO. The van der Waals surface area contributed by atoms with Gasteiger partial charge < -0.3 is 71.2 Å². The summed E-state index contributed by atoms with van der Waals surface area (Å²) in [5.41, 5.74) is 7.79. The molecule has 4 aliphatic rings. The second-order valence-corrected chi connectivity index (χ2v) is 26.6. The van der Waals surface area contributed by atoms with Crippen LogP contribution >= 0.6 is 0 Å². The number of piperidine rings is 2. The van der Waals surface area contributed by atoms with E-state index in [2.05, 4.69) is 109 Å². The van der Waals surface area contributed by atoms with Crippen LogP contribution in [0.25, 0.3) is 0 Å². The topological polar surface area (TPSA) is 347 Å². The monoisotopic (exact) mass is 1460 g/mol. The summed E-state index contributed by atoms with van der Waals surface area (Å²) in [5, 5.41) is 42.4. The molecule has 0 unspecified atom stereocenters. The Morgan fingerprint density at radius 1 is 0.606 bits per heavy atom. The quantitative estimate of drug-likeness (QED) is 0.0132. The third kappa shape index (κ3) is 27.8. The molecule has 4 aliphatic heterocycles. The van der Waals surface area contributed by atoms with E-state index in [4.69, 9.17) is 49.0 Å². The summed E-state index contributed by atoms with van der Waals surface area (Å²) in [6.07, 6.45) is 6.34. The zero-order valence-corrected chi connectivity index (χ0v) is 59.4. The van der Waals surface area contributed by atoms with Crippen molar-refractivity contribution < 1.29 is 84.6 Å². The number of carbonyl (C=O) groups excluding carboxylic acids is 3. The lowest BCUT2D eigenvalue weighted by Crippen LogP contribution is -2.48. The third-order valence-corrected chi connectivity index (χ3v) is 16.5. The normalized spacial score (nSPS) is 14.8. The molecule has 4 aromatic heterocycles. The minimum Gasteiger partial charge on any atom is -0.483 e. The number of pyridine rings is 2. The van der Waals surface area contributed by atoms with Crippen LogP contribution in [0.5, 0.6) is 0 Å². The molecule has 0 bridgehead atoms. The van der Waals surface area contributed by atoms with Crippen LogP contribution in [0.2, 0.25) is 0 Å². The number of carboxylic acid groups (broad SMARTS) is 3. The lowest BCUT2D eigenvalue weighted by atomic mass is 9.91. The summed E-state index contributed by atoms with van der Waals surface area (Å²) < 4.78 is 77.0. The Kier molecular flexibility index (Phi) is 32.7. The van der Waals surface area contributed by atoms with Crippen LogP contribution in [0, 0.1) is 11.8 Å². The maximum atomic E-state index is 13.2. The van der Waals surface area contributed by atoms with E-state index in [1.807, 2.05) is 60.7 Å². The van der Waals surface area contributed by atoms with Gasteiger partial charge in [-0.2, -0.15) is 26.3 Å². The molecule has 0 spiro atoms. The number of anilines is 6. The molecule has 6 aromatic rings. The van der Waals surface area contributed by atoms with Crippen LogP contribution in [0.4, 0.5) is 70.8 Å². The van der Waals surface area contributed by atoms with Crippen molar-refractivity contribution in [3.8, 4) is 0 Å². The number of ether oxygens (including phenoxy) is 3. The number of aliphatic carboxylic acids is 2. The molecule has 0 saturated carbocycles. The van der Waals surface area contributed by atoms with E-state index in [1.165, 1.54) is 17.5 Å². The predicted octanol–water partition coefficient (Wildman–Crippen LogP) is 12.0. The maximum Gasteiger partial charge on any atom is 0.490 e. The first-order valence-electron chi connectivity index (χ1n) is 34.3. The molecule has 2 aromatic carbocycles. The number of benzene rings is 2. The molecule has 104 heavy (non-hydrogen) atoms. The van der Waals surface area contributed by atoms with Gasteiger partial charge in [0.05, 0.1) is 0 Å². The molecule has 8 heterocycles. The number of fused-ring (bicyclic) bond motifs is 2. The number of rotatable bonds is 22. The summed E-state index contributed by atoms with van der Waals surface area (Å²) >= 11 is 0. The summed E-state index contributed by atoms with van der Waals surface area (Å²) in [6, 6.07) is 25.3. The Bertz CT molecular complexity index is 3690. The number of carbonyl (C=O) groups is 6. The van der Waals surface area contributed by atoms with Crippen molar-refractivity contribution >= 4 is 71.5 Å². The van der Waals surface area contributed by atoms with Crippen molar-refractivity contribution in [2.45, 2.75) is 168 Å². The van der Waals surface area contributed by atoms with Gasteiger partial charge in [0.2, 0.25) is 0 Å². The molecule has 2 amide bonds. The van der Waals surface area contributed by atoms with Crippen molar-refractivity contribution in [3.05, 3.63) is 142 Å². The van der Waals surface area contributed by atoms with Gasteiger partial charge in [0.1, 0.15) is 78.5 Å². The lowest BCUT2D eigenvalue weighted by Gasteiger charge is -2.34. The number of alkyl halides is 6. The van der Waals surface area contributed by atoms with Crippen LogP contribution in [-0.2, 0) is 72.3 Å². The van der Waals surface area contributed by atoms with Crippen molar-refractivity contribution in [1.29, 1.82) is 0 Å². The van der Waals surface area contributed by atoms with Crippen molar-refractivity contribution in [2.75, 3.05) is 83.4 Å². The van der Waals surface area contributed by atoms with Gasteiger partial charge in [-0.05, 0) is 131 Å². The molecule has 10 rings (SSSR count). The van der Waals surface area contributed by atoms with Gasteiger partial charge in [-0.25, -0.2) is 53.9 Å². The van der Waals surface area contributed by atoms with E-state index in [9.17, 15) is 50.6 Å². The Balaban J connectivity index is 0.000000277.